The van der Waals surface area contributed by atoms with E-state index in [0.717, 1.165) is 38.4 Å². The van der Waals surface area contributed by atoms with Gasteiger partial charge in [0.25, 0.3) is 0 Å². The van der Waals surface area contributed by atoms with Crippen LogP contribution in [0.3, 0.4) is 0 Å². The van der Waals surface area contributed by atoms with Gasteiger partial charge in [-0.2, -0.15) is 0 Å². The van der Waals surface area contributed by atoms with Gasteiger partial charge >= 0.3 is 0 Å². The maximum atomic E-state index is 11.6. The molecule has 0 spiro atoms. The molecule has 0 unspecified atom stereocenters. The number of anilines is 2. The molecule has 0 bridgehead atoms. The van der Waals surface area contributed by atoms with Crippen molar-refractivity contribution in [3.63, 3.8) is 0 Å². The average molecular weight is 387 g/mol. The van der Waals surface area contributed by atoms with Crippen LogP contribution in [-0.2, 0) is 10.0 Å². The Morgan fingerprint density at radius 2 is 1.81 bits per heavy atom. The van der Waals surface area contributed by atoms with Crippen LogP contribution in [-0.4, -0.2) is 56.8 Å². The predicted molar refractivity (Wildman–Crippen MR) is 111 cm³/mol. The van der Waals surface area contributed by atoms with E-state index in [2.05, 4.69) is 43.8 Å². The molecule has 1 aromatic heterocycles. The summed E-state index contributed by atoms with van der Waals surface area (Å²) in [6, 6.07) is 14.0. The van der Waals surface area contributed by atoms with Gasteiger partial charge in [-0.1, -0.05) is 42.5 Å². The number of sulfonamides is 1. The molecule has 0 radical (unpaired) electrons. The third kappa shape index (κ3) is 5.80. The molecule has 27 heavy (non-hydrogen) atoms. The zero-order chi connectivity index (χ0) is 19.1. The highest BCUT2D eigenvalue weighted by Crippen LogP contribution is 2.18. The van der Waals surface area contributed by atoms with Crippen molar-refractivity contribution in [1.82, 2.24) is 9.88 Å². The average Bonchev–Trinajstić information content (AvgIpc) is 2.70. The van der Waals surface area contributed by atoms with Gasteiger partial charge in [-0.05, 0) is 24.6 Å². The normalized spacial score (nSPS) is 16.0. The third-order valence-electron chi connectivity index (χ3n) is 4.60. The van der Waals surface area contributed by atoms with E-state index < -0.39 is 10.0 Å². The smallest absolute Gasteiger partial charge is 0.233 e. The largest absolute Gasteiger partial charge is 0.368 e. The minimum absolute atomic E-state index is 0.0388. The Bertz CT molecular complexity index is 843. The minimum atomic E-state index is -3.29. The molecule has 2 aromatic rings. The van der Waals surface area contributed by atoms with E-state index in [1.807, 2.05) is 24.3 Å². The summed E-state index contributed by atoms with van der Waals surface area (Å²) in [7, 11) is -3.29. The van der Waals surface area contributed by atoms with E-state index in [4.69, 9.17) is 0 Å². The van der Waals surface area contributed by atoms with Crippen LogP contribution in [0.5, 0.6) is 0 Å². The van der Waals surface area contributed by atoms with E-state index in [0.29, 0.717) is 5.82 Å². The maximum Gasteiger partial charge on any atom is 0.233 e. The molecule has 1 N–H and O–H groups in total. The summed E-state index contributed by atoms with van der Waals surface area (Å²) >= 11 is 0. The zero-order valence-corrected chi connectivity index (χ0v) is 16.4. The molecule has 0 atom stereocenters. The van der Waals surface area contributed by atoms with Gasteiger partial charge in [0.2, 0.25) is 10.0 Å². The highest BCUT2D eigenvalue weighted by Gasteiger charge is 2.17. The molecule has 0 saturated carbocycles. The Morgan fingerprint density at radius 3 is 2.44 bits per heavy atom. The molecule has 7 heteroatoms. The lowest BCUT2D eigenvalue weighted by Gasteiger charge is -2.35. The molecule has 1 fully saturated rings. The second-order valence-electron chi connectivity index (χ2n) is 6.51. The number of hydrogen-bond donors (Lipinski definition) is 1. The summed E-state index contributed by atoms with van der Waals surface area (Å²) in [6.45, 7) is 6.39. The van der Waals surface area contributed by atoms with E-state index >= 15 is 0 Å². The van der Waals surface area contributed by atoms with Crippen molar-refractivity contribution in [1.29, 1.82) is 0 Å². The maximum absolute atomic E-state index is 11.6. The van der Waals surface area contributed by atoms with Gasteiger partial charge < -0.3 is 4.90 Å². The molecule has 0 amide bonds. The van der Waals surface area contributed by atoms with Crippen LogP contribution >= 0.6 is 0 Å². The Morgan fingerprint density at radius 1 is 1.07 bits per heavy atom. The van der Waals surface area contributed by atoms with Gasteiger partial charge in [-0.3, -0.25) is 9.62 Å². The third-order valence-corrected chi connectivity index (χ3v) is 5.88. The SMILES string of the molecule is CCS(=O)(=O)Nc1ccc(N2CCN(C/C=C/c3ccccc3)CC2)cn1. The minimum Gasteiger partial charge on any atom is -0.368 e. The molecule has 2 heterocycles. The first-order chi connectivity index (χ1) is 13.1. The highest BCUT2D eigenvalue weighted by molar-refractivity contribution is 7.92. The van der Waals surface area contributed by atoms with Crippen LogP contribution < -0.4 is 9.62 Å². The topological polar surface area (TPSA) is 65.5 Å². The van der Waals surface area contributed by atoms with E-state index in [1.54, 1.807) is 19.2 Å². The van der Waals surface area contributed by atoms with E-state index in [1.165, 1.54) is 5.56 Å². The molecule has 0 aliphatic carbocycles. The summed E-state index contributed by atoms with van der Waals surface area (Å²) < 4.78 is 25.7. The molecule has 1 aromatic carbocycles. The van der Waals surface area contributed by atoms with Crippen LogP contribution in [0.4, 0.5) is 11.5 Å². The van der Waals surface area contributed by atoms with Crippen LogP contribution in [0.1, 0.15) is 12.5 Å². The lowest BCUT2D eigenvalue weighted by molar-refractivity contribution is 0.284. The summed E-state index contributed by atoms with van der Waals surface area (Å²) in [4.78, 5) is 8.94. The van der Waals surface area contributed by atoms with Gasteiger partial charge in [0.05, 0.1) is 17.6 Å². The zero-order valence-electron chi connectivity index (χ0n) is 15.6. The Labute approximate surface area is 161 Å². The van der Waals surface area contributed by atoms with Crippen molar-refractivity contribution in [2.24, 2.45) is 0 Å². The van der Waals surface area contributed by atoms with Crippen LogP contribution in [0.25, 0.3) is 6.08 Å². The summed E-state index contributed by atoms with van der Waals surface area (Å²) in [5.74, 6) is 0.405. The van der Waals surface area contributed by atoms with Gasteiger partial charge in [-0.25, -0.2) is 13.4 Å². The number of nitrogens with one attached hydrogen (secondary N) is 1. The quantitative estimate of drug-likeness (QED) is 0.793. The Balaban J connectivity index is 1.48. The fourth-order valence-corrected chi connectivity index (χ4v) is 3.54. The number of hydrogen-bond acceptors (Lipinski definition) is 5. The van der Waals surface area contributed by atoms with Crippen molar-refractivity contribution in [3.05, 3.63) is 60.3 Å². The molecule has 1 saturated heterocycles. The molecule has 6 nitrogen and oxygen atoms in total. The first-order valence-electron chi connectivity index (χ1n) is 9.21. The second kappa shape index (κ2) is 9.01. The van der Waals surface area contributed by atoms with Gasteiger partial charge in [0.15, 0.2) is 0 Å². The van der Waals surface area contributed by atoms with Crippen LogP contribution in [0.2, 0.25) is 0 Å². The number of nitrogens with zero attached hydrogens (tertiary/aromatic N) is 3. The van der Waals surface area contributed by atoms with Crippen molar-refractivity contribution < 1.29 is 8.42 Å². The summed E-state index contributed by atoms with van der Waals surface area (Å²) in [5.41, 5.74) is 2.25. The monoisotopic (exact) mass is 386 g/mol. The number of piperazine rings is 1. The molecule has 3 rings (SSSR count). The number of benzene rings is 1. The number of pyridine rings is 1. The Kier molecular flexibility index (Phi) is 6.47. The fourth-order valence-electron chi connectivity index (χ4n) is 2.96. The molecule has 1 aliphatic rings. The highest BCUT2D eigenvalue weighted by atomic mass is 32.2. The molecular weight excluding hydrogens is 360 g/mol. The second-order valence-corrected chi connectivity index (χ2v) is 8.52. The molecule has 1 aliphatic heterocycles. The van der Waals surface area contributed by atoms with Crippen molar-refractivity contribution in [2.45, 2.75) is 6.92 Å². The first-order valence-corrected chi connectivity index (χ1v) is 10.9. The van der Waals surface area contributed by atoms with Gasteiger partial charge in [0.1, 0.15) is 5.82 Å². The van der Waals surface area contributed by atoms with Crippen LogP contribution in [0, 0.1) is 0 Å². The van der Waals surface area contributed by atoms with E-state index in [9.17, 15) is 8.42 Å². The summed E-state index contributed by atoms with van der Waals surface area (Å²) in [6.07, 6.45) is 6.10. The lowest BCUT2D eigenvalue weighted by Crippen LogP contribution is -2.46. The van der Waals surface area contributed by atoms with E-state index in [-0.39, 0.29) is 5.75 Å². The summed E-state index contributed by atoms with van der Waals surface area (Å²) in [5, 5.41) is 0. The van der Waals surface area contributed by atoms with Crippen molar-refractivity contribution >= 4 is 27.6 Å². The molecular formula is C20H26N4O2S. The molecule has 144 valence electrons. The lowest BCUT2D eigenvalue weighted by atomic mass is 10.2. The van der Waals surface area contributed by atoms with Crippen LogP contribution in [0.15, 0.2) is 54.7 Å². The van der Waals surface area contributed by atoms with Crippen molar-refractivity contribution in [3.8, 4) is 0 Å². The Hall–Kier alpha value is -2.38. The van der Waals surface area contributed by atoms with Gasteiger partial charge in [-0.15, -0.1) is 0 Å². The first kappa shape index (κ1) is 19.4. The van der Waals surface area contributed by atoms with Gasteiger partial charge in [0, 0.05) is 32.7 Å². The fraction of sp³-hybridized carbons (Fsp3) is 0.350. The van der Waals surface area contributed by atoms with Crippen molar-refractivity contribution in [2.75, 3.05) is 48.1 Å². The standard InChI is InChI=1S/C20H26N4O2S/c1-2-27(25,26)22-20-11-10-19(17-21-20)24-15-13-23(14-16-24)12-6-9-18-7-4-3-5-8-18/h3-11,17H,2,12-16H2,1H3,(H,21,22)/b9-6+. The number of aromatic nitrogens is 1. The number of rotatable bonds is 7. The predicted octanol–water partition coefficient (Wildman–Crippen LogP) is 2.68.